The molecule has 0 atom stereocenters. The van der Waals surface area contributed by atoms with E-state index in [0.29, 0.717) is 13.1 Å². The van der Waals surface area contributed by atoms with E-state index in [4.69, 9.17) is 5.73 Å². The van der Waals surface area contributed by atoms with E-state index in [1.54, 1.807) is 4.90 Å². The summed E-state index contributed by atoms with van der Waals surface area (Å²) in [4.78, 5) is 14.3. The van der Waals surface area contributed by atoms with Crippen LogP contribution in [-0.4, -0.2) is 30.9 Å². The van der Waals surface area contributed by atoms with Crippen molar-refractivity contribution in [2.24, 2.45) is 11.1 Å². The van der Waals surface area contributed by atoms with Crippen LogP contribution in [0.1, 0.15) is 40.9 Å². The van der Waals surface area contributed by atoms with Gasteiger partial charge in [0.2, 0.25) is 0 Å². The molecule has 1 amide bonds. The Morgan fingerprint density at radius 2 is 1.79 bits per heavy atom. The summed E-state index contributed by atoms with van der Waals surface area (Å²) in [5, 5.41) is 0. The van der Waals surface area contributed by atoms with Crippen LogP contribution in [0.25, 0.3) is 0 Å². The van der Waals surface area contributed by atoms with Crippen LogP contribution in [0.2, 0.25) is 0 Å². The van der Waals surface area contributed by atoms with Crippen LogP contribution in [-0.2, 0) is 0 Å². The molecule has 1 rings (SSSR count). The molecule has 0 bridgehead atoms. The first-order valence-corrected chi connectivity index (χ1v) is 6.72. The summed E-state index contributed by atoms with van der Waals surface area (Å²) in [7, 11) is 1.84. The first kappa shape index (κ1) is 15.7. The van der Waals surface area contributed by atoms with Crippen LogP contribution < -0.4 is 5.73 Å². The molecule has 0 heterocycles. The Bertz CT molecular complexity index is 478. The maximum Gasteiger partial charge on any atom is 0.253 e. The summed E-state index contributed by atoms with van der Waals surface area (Å²) in [6.45, 7) is 11.5. The second kappa shape index (κ2) is 5.74. The zero-order valence-corrected chi connectivity index (χ0v) is 13.0. The van der Waals surface area contributed by atoms with Crippen LogP contribution in [0.3, 0.4) is 0 Å². The molecule has 0 aromatic heterocycles. The maximum absolute atomic E-state index is 12.5. The fourth-order valence-corrected chi connectivity index (χ4v) is 2.17. The van der Waals surface area contributed by atoms with Gasteiger partial charge in [0.05, 0.1) is 0 Å². The molecule has 1 aromatic rings. The Balaban J connectivity index is 2.98. The average molecular weight is 262 g/mol. The van der Waals surface area contributed by atoms with Crippen molar-refractivity contribution in [2.45, 2.75) is 34.6 Å². The summed E-state index contributed by atoms with van der Waals surface area (Å²) in [5.74, 6) is 0.0714. The Morgan fingerprint density at radius 3 is 2.32 bits per heavy atom. The van der Waals surface area contributed by atoms with Crippen molar-refractivity contribution in [3.05, 3.63) is 34.4 Å². The number of aryl methyl sites for hydroxylation is 1. The molecule has 0 aliphatic rings. The fraction of sp³-hybridized carbons (Fsp3) is 0.562. The Kier molecular flexibility index (Phi) is 4.75. The maximum atomic E-state index is 12.5. The number of hydrogen-bond donors (Lipinski definition) is 1. The lowest BCUT2D eigenvalue weighted by atomic mass is 9.92. The Labute approximate surface area is 116 Å². The molecule has 1 aromatic carbocycles. The minimum atomic E-state index is -0.0575. The van der Waals surface area contributed by atoms with E-state index in [0.717, 1.165) is 11.1 Å². The van der Waals surface area contributed by atoms with Gasteiger partial charge < -0.3 is 10.6 Å². The van der Waals surface area contributed by atoms with Gasteiger partial charge in [-0.1, -0.05) is 19.9 Å². The first-order valence-electron chi connectivity index (χ1n) is 6.72. The lowest BCUT2D eigenvalue weighted by Gasteiger charge is -2.29. The van der Waals surface area contributed by atoms with Crippen LogP contribution in [0.4, 0.5) is 0 Å². The molecule has 0 saturated heterocycles. The standard InChI is InChI=1S/C16H26N2O/c1-11-7-8-14(13(3)12(11)2)15(19)18(6)10-16(4,5)9-17/h7-8H,9-10,17H2,1-6H3. The van der Waals surface area contributed by atoms with Crippen molar-refractivity contribution in [2.75, 3.05) is 20.1 Å². The molecule has 0 aliphatic heterocycles. The van der Waals surface area contributed by atoms with Crippen molar-refractivity contribution < 1.29 is 4.79 Å². The van der Waals surface area contributed by atoms with Gasteiger partial charge in [0.15, 0.2) is 0 Å². The van der Waals surface area contributed by atoms with Crippen LogP contribution >= 0.6 is 0 Å². The van der Waals surface area contributed by atoms with Gasteiger partial charge in [-0.05, 0) is 55.5 Å². The minimum Gasteiger partial charge on any atom is -0.341 e. The number of carbonyl (C=O) groups is 1. The molecule has 0 saturated carbocycles. The van der Waals surface area contributed by atoms with E-state index in [1.807, 2.05) is 26.1 Å². The normalized spacial score (nSPS) is 11.5. The molecule has 106 valence electrons. The van der Waals surface area contributed by atoms with Gasteiger partial charge in [-0.3, -0.25) is 4.79 Å². The van der Waals surface area contributed by atoms with Crippen molar-refractivity contribution >= 4 is 5.91 Å². The molecule has 3 nitrogen and oxygen atoms in total. The van der Waals surface area contributed by atoms with Gasteiger partial charge in [-0.25, -0.2) is 0 Å². The molecule has 3 heteroatoms. The lowest BCUT2D eigenvalue weighted by molar-refractivity contribution is 0.0739. The van der Waals surface area contributed by atoms with Crippen molar-refractivity contribution in [3.8, 4) is 0 Å². The van der Waals surface area contributed by atoms with Crippen molar-refractivity contribution in [1.29, 1.82) is 0 Å². The number of rotatable bonds is 4. The highest BCUT2D eigenvalue weighted by atomic mass is 16.2. The monoisotopic (exact) mass is 262 g/mol. The quantitative estimate of drug-likeness (QED) is 0.906. The summed E-state index contributed by atoms with van der Waals surface area (Å²) >= 11 is 0. The molecular weight excluding hydrogens is 236 g/mol. The summed E-state index contributed by atoms with van der Waals surface area (Å²) < 4.78 is 0. The number of nitrogens with zero attached hydrogens (tertiary/aromatic N) is 1. The number of carbonyl (C=O) groups excluding carboxylic acids is 1. The lowest BCUT2D eigenvalue weighted by Crippen LogP contribution is -2.40. The minimum absolute atomic E-state index is 0.0575. The molecule has 0 radical (unpaired) electrons. The highest BCUT2D eigenvalue weighted by molar-refractivity contribution is 5.96. The first-order chi connectivity index (χ1) is 8.69. The third kappa shape index (κ3) is 3.57. The second-order valence-electron chi connectivity index (χ2n) is 6.21. The predicted octanol–water partition coefficient (Wildman–Crippen LogP) is 2.67. The summed E-state index contributed by atoms with van der Waals surface area (Å²) in [5.41, 5.74) is 9.95. The highest BCUT2D eigenvalue weighted by Gasteiger charge is 2.23. The van der Waals surface area contributed by atoms with Gasteiger partial charge in [0.1, 0.15) is 0 Å². The number of nitrogens with two attached hydrogens (primary N) is 1. The smallest absolute Gasteiger partial charge is 0.253 e. The number of benzene rings is 1. The van der Waals surface area contributed by atoms with Gasteiger partial charge in [0, 0.05) is 19.2 Å². The van der Waals surface area contributed by atoms with Crippen molar-refractivity contribution in [1.82, 2.24) is 4.90 Å². The van der Waals surface area contributed by atoms with Crippen LogP contribution in [0, 0.1) is 26.2 Å². The molecule has 19 heavy (non-hydrogen) atoms. The molecule has 0 unspecified atom stereocenters. The van der Waals surface area contributed by atoms with Gasteiger partial charge in [-0.15, -0.1) is 0 Å². The van der Waals surface area contributed by atoms with Crippen LogP contribution in [0.5, 0.6) is 0 Å². The zero-order chi connectivity index (χ0) is 14.8. The van der Waals surface area contributed by atoms with E-state index in [2.05, 4.69) is 27.7 Å². The van der Waals surface area contributed by atoms with E-state index in [1.165, 1.54) is 11.1 Å². The second-order valence-corrected chi connectivity index (χ2v) is 6.21. The molecule has 2 N–H and O–H groups in total. The average Bonchev–Trinajstić information content (AvgIpc) is 2.35. The van der Waals surface area contributed by atoms with E-state index < -0.39 is 0 Å². The summed E-state index contributed by atoms with van der Waals surface area (Å²) in [6.07, 6.45) is 0. The molecule has 0 fully saturated rings. The molecular formula is C16H26N2O. The van der Waals surface area contributed by atoms with Gasteiger partial charge in [0.25, 0.3) is 5.91 Å². The fourth-order valence-electron chi connectivity index (χ4n) is 2.17. The topological polar surface area (TPSA) is 46.3 Å². The van der Waals surface area contributed by atoms with E-state index >= 15 is 0 Å². The zero-order valence-electron chi connectivity index (χ0n) is 13.0. The Hall–Kier alpha value is -1.35. The SMILES string of the molecule is Cc1ccc(C(=O)N(C)CC(C)(C)CN)c(C)c1C. The largest absolute Gasteiger partial charge is 0.341 e. The Morgan fingerprint density at radius 1 is 1.21 bits per heavy atom. The van der Waals surface area contributed by atoms with Gasteiger partial charge in [-0.2, -0.15) is 0 Å². The van der Waals surface area contributed by atoms with Crippen LogP contribution in [0.15, 0.2) is 12.1 Å². The number of amides is 1. The third-order valence-corrected chi connectivity index (χ3v) is 3.85. The predicted molar refractivity (Wildman–Crippen MR) is 80.4 cm³/mol. The molecule has 0 aliphatic carbocycles. The molecule has 0 spiro atoms. The van der Waals surface area contributed by atoms with E-state index in [-0.39, 0.29) is 11.3 Å². The number of hydrogen-bond acceptors (Lipinski definition) is 2. The highest BCUT2D eigenvalue weighted by Crippen LogP contribution is 2.20. The third-order valence-electron chi connectivity index (χ3n) is 3.85. The van der Waals surface area contributed by atoms with E-state index in [9.17, 15) is 4.79 Å². The summed E-state index contributed by atoms with van der Waals surface area (Å²) in [6, 6.07) is 3.93. The van der Waals surface area contributed by atoms with Gasteiger partial charge >= 0.3 is 0 Å². The van der Waals surface area contributed by atoms with Crippen molar-refractivity contribution in [3.63, 3.8) is 0 Å².